The van der Waals surface area contributed by atoms with Gasteiger partial charge in [-0.05, 0) is 11.6 Å². The molecule has 2 rings (SSSR count). The van der Waals surface area contributed by atoms with E-state index in [1.807, 2.05) is 6.07 Å². The largest absolute Gasteiger partial charge is 0.504 e. The van der Waals surface area contributed by atoms with Crippen molar-refractivity contribution in [2.45, 2.75) is 5.60 Å². The van der Waals surface area contributed by atoms with Gasteiger partial charge in [-0.2, -0.15) is 0 Å². The number of rotatable bonds is 6. The molecule has 7 heteroatoms. The maximum Gasteiger partial charge on any atom is 0.351 e. The predicted molar refractivity (Wildman–Crippen MR) is 88.1 cm³/mol. The van der Waals surface area contributed by atoms with Crippen LogP contribution in [-0.4, -0.2) is 48.9 Å². The molecule has 0 saturated carbocycles. The van der Waals surface area contributed by atoms with Crippen LogP contribution in [0.3, 0.4) is 0 Å². The van der Waals surface area contributed by atoms with Crippen LogP contribution in [-0.2, 0) is 23.8 Å². The van der Waals surface area contributed by atoms with Gasteiger partial charge in [0.15, 0.2) is 17.3 Å². The van der Waals surface area contributed by atoms with Gasteiger partial charge >= 0.3 is 5.97 Å². The number of benzene rings is 1. The average Bonchev–Trinajstić information content (AvgIpc) is 2.86. The Balaban J connectivity index is 2.50. The van der Waals surface area contributed by atoms with Crippen molar-refractivity contribution in [3.8, 4) is 0 Å². The summed E-state index contributed by atoms with van der Waals surface area (Å²) in [6, 6.07) is 8.92. The summed E-state index contributed by atoms with van der Waals surface area (Å²) in [6.45, 7) is 0. The second-order valence-electron chi connectivity index (χ2n) is 5.10. The summed E-state index contributed by atoms with van der Waals surface area (Å²) < 4.78 is 14.5. The highest BCUT2D eigenvalue weighted by Crippen LogP contribution is 2.41. The summed E-state index contributed by atoms with van der Waals surface area (Å²) in [5.74, 6) is -3.40. The molecule has 1 unspecified atom stereocenters. The highest BCUT2D eigenvalue weighted by atomic mass is 16.6. The number of carbonyl (C=O) groups is 2. The molecule has 0 saturated heterocycles. The fraction of sp³-hybridized carbons (Fsp3) is 0.222. The number of ether oxygens (including phenoxy) is 3. The lowest BCUT2D eigenvalue weighted by Crippen LogP contribution is -2.44. The Morgan fingerprint density at radius 1 is 1.08 bits per heavy atom. The highest BCUT2D eigenvalue weighted by molar-refractivity contribution is 6.14. The Labute approximate surface area is 144 Å². The van der Waals surface area contributed by atoms with Crippen LogP contribution in [0.25, 0.3) is 6.08 Å². The van der Waals surface area contributed by atoms with Crippen molar-refractivity contribution in [3.63, 3.8) is 0 Å². The van der Waals surface area contributed by atoms with E-state index >= 15 is 0 Å². The Morgan fingerprint density at radius 2 is 1.72 bits per heavy atom. The molecule has 0 bridgehead atoms. The molecule has 1 aliphatic rings. The van der Waals surface area contributed by atoms with Gasteiger partial charge in [-0.3, -0.25) is 4.79 Å². The van der Waals surface area contributed by atoms with Gasteiger partial charge in [0.05, 0.1) is 26.9 Å². The molecule has 132 valence electrons. The van der Waals surface area contributed by atoms with Crippen molar-refractivity contribution in [1.82, 2.24) is 0 Å². The standard InChI is InChI=1S/C18H18O7/c1-23-15-14(20)13(18(22,16(15)24-2)17(21)25-3)12(19)10-9-11-7-5-4-6-8-11/h4-10,20,22H,1-3H3/b10-9+. The lowest BCUT2D eigenvalue weighted by atomic mass is 9.91. The van der Waals surface area contributed by atoms with Gasteiger partial charge in [0.25, 0.3) is 5.60 Å². The lowest BCUT2D eigenvalue weighted by Gasteiger charge is -2.23. The zero-order valence-corrected chi connectivity index (χ0v) is 14.0. The molecular formula is C18H18O7. The first-order valence-corrected chi connectivity index (χ1v) is 7.26. The van der Waals surface area contributed by atoms with Gasteiger partial charge < -0.3 is 24.4 Å². The first-order chi connectivity index (χ1) is 11.9. The first-order valence-electron chi connectivity index (χ1n) is 7.26. The van der Waals surface area contributed by atoms with Gasteiger partial charge in [0.2, 0.25) is 5.76 Å². The normalized spacial score (nSPS) is 20.2. The summed E-state index contributed by atoms with van der Waals surface area (Å²) in [5.41, 5.74) is -2.47. The topological polar surface area (TPSA) is 102 Å². The summed E-state index contributed by atoms with van der Waals surface area (Å²) in [7, 11) is 3.41. The summed E-state index contributed by atoms with van der Waals surface area (Å²) in [5, 5.41) is 21.1. The van der Waals surface area contributed by atoms with E-state index in [9.17, 15) is 19.8 Å². The molecule has 1 aliphatic carbocycles. The number of aliphatic hydroxyl groups is 2. The first kappa shape index (κ1) is 18.3. The maximum atomic E-state index is 12.6. The lowest BCUT2D eigenvalue weighted by molar-refractivity contribution is -0.158. The van der Waals surface area contributed by atoms with Crippen molar-refractivity contribution < 1.29 is 34.0 Å². The number of hydrogen-bond acceptors (Lipinski definition) is 7. The number of methoxy groups -OCH3 is 3. The molecule has 0 amide bonds. The van der Waals surface area contributed by atoms with E-state index < -0.39 is 34.4 Å². The molecule has 25 heavy (non-hydrogen) atoms. The Morgan fingerprint density at radius 3 is 2.24 bits per heavy atom. The third kappa shape index (κ3) is 3.01. The second kappa shape index (κ2) is 7.23. The van der Waals surface area contributed by atoms with Crippen molar-refractivity contribution in [2.75, 3.05) is 21.3 Å². The summed E-state index contributed by atoms with van der Waals surface area (Å²) in [4.78, 5) is 24.7. The molecule has 1 atom stereocenters. The van der Waals surface area contributed by atoms with Crippen LogP contribution in [0.5, 0.6) is 0 Å². The quantitative estimate of drug-likeness (QED) is 0.594. The highest BCUT2D eigenvalue weighted by Gasteiger charge is 2.57. The van der Waals surface area contributed by atoms with E-state index in [1.165, 1.54) is 20.3 Å². The molecule has 0 spiro atoms. The molecule has 0 fully saturated rings. The van der Waals surface area contributed by atoms with E-state index in [2.05, 4.69) is 4.74 Å². The molecule has 2 N–H and O–H groups in total. The Kier molecular flexibility index (Phi) is 5.29. The van der Waals surface area contributed by atoms with Crippen molar-refractivity contribution in [1.29, 1.82) is 0 Å². The number of carbonyl (C=O) groups excluding carboxylic acids is 2. The molecule has 1 aromatic carbocycles. The van der Waals surface area contributed by atoms with E-state index in [0.717, 1.165) is 18.7 Å². The predicted octanol–water partition coefficient (Wildman–Crippen LogP) is 1.50. The van der Waals surface area contributed by atoms with E-state index in [0.29, 0.717) is 0 Å². The molecule has 0 aliphatic heterocycles. The summed E-state index contributed by atoms with van der Waals surface area (Å²) >= 11 is 0. The van der Waals surface area contributed by atoms with Crippen LogP contribution in [0.4, 0.5) is 0 Å². The van der Waals surface area contributed by atoms with Crippen LogP contribution < -0.4 is 0 Å². The van der Waals surface area contributed by atoms with Gasteiger partial charge in [0.1, 0.15) is 0 Å². The number of allylic oxidation sites excluding steroid dienone is 1. The molecule has 1 aromatic rings. The van der Waals surface area contributed by atoms with Crippen LogP contribution in [0.1, 0.15) is 5.56 Å². The maximum absolute atomic E-state index is 12.6. The number of aliphatic hydroxyl groups excluding tert-OH is 1. The molecular weight excluding hydrogens is 328 g/mol. The van der Waals surface area contributed by atoms with Gasteiger partial charge in [0, 0.05) is 0 Å². The Bertz CT molecular complexity index is 774. The number of esters is 1. The minimum absolute atomic E-state index is 0.313. The number of hydrogen-bond donors (Lipinski definition) is 2. The smallest absolute Gasteiger partial charge is 0.351 e. The van der Waals surface area contributed by atoms with Gasteiger partial charge in [-0.1, -0.05) is 36.4 Å². The van der Waals surface area contributed by atoms with E-state index in [-0.39, 0.29) is 5.76 Å². The molecule has 0 radical (unpaired) electrons. The number of ketones is 1. The zero-order valence-electron chi connectivity index (χ0n) is 14.0. The monoisotopic (exact) mass is 346 g/mol. The summed E-state index contributed by atoms with van der Waals surface area (Å²) in [6.07, 6.45) is 2.61. The van der Waals surface area contributed by atoms with Crippen LogP contribution in [0.2, 0.25) is 0 Å². The third-order valence-electron chi connectivity index (χ3n) is 3.71. The third-order valence-corrected chi connectivity index (χ3v) is 3.71. The van der Waals surface area contributed by atoms with Gasteiger partial charge in [-0.25, -0.2) is 4.79 Å². The minimum Gasteiger partial charge on any atom is -0.504 e. The average molecular weight is 346 g/mol. The van der Waals surface area contributed by atoms with E-state index in [1.54, 1.807) is 24.3 Å². The van der Waals surface area contributed by atoms with Crippen LogP contribution >= 0.6 is 0 Å². The van der Waals surface area contributed by atoms with E-state index in [4.69, 9.17) is 9.47 Å². The van der Waals surface area contributed by atoms with Crippen LogP contribution in [0, 0.1) is 0 Å². The van der Waals surface area contributed by atoms with Crippen LogP contribution in [0.15, 0.2) is 59.3 Å². The zero-order chi connectivity index (χ0) is 18.6. The fourth-order valence-corrected chi connectivity index (χ4v) is 2.56. The van der Waals surface area contributed by atoms with Crippen molar-refractivity contribution in [2.24, 2.45) is 0 Å². The molecule has 7 nitrogen and oxygen atoms in total. The second-order valence-corrected chi connectivity index (χ2v) is 5.10. The SMILES string of the molecule is COC(=O)C1(O)C(OC)=C(OC)C(O)=C1C(=O)/C=C/c1ccccc1. The Hall–Kier alpha value is -3.06. The minimum atomic E-state index is -2.60. The van der Waals surface area contributed by atoms with Crippen molar-refractivity contribution in [3.05, 3.63) is 64.8 Å². The molecule has 0 aromatic heterocycles. The fourth-order valence-electron chi connectivity index (χ4n) is 2.56. The van der Waals surface area contributed by atoms with Gasteiger partial charge in [-0.15, -0.1) is 0 Å². The van der Waals surface area contributed by atoms with Crippen molar-refractivity contribution >= 4 is 17.8 Å². The molecule has 0 heterocycles.